The lowest BCUT2D eigenvalue weighted by Gasteiger charge is -2.46. The average molecular weight is 286 g/mol. The van der Waals surface area contributed by atoms with Gasteiger partial charge in [0.2, 0.25) is 0 Å². The van der Waals surface area contributed by atoms with Crippen LogP contribution in [0.3, 0.4) is 0 Å². The molecule has 3 heteroatoms. The highest BCUT2D eigenvalue weighted by molar-refractivity contribution is 7.07. The van der Waals surface area contributed by atoms with Crippen molar-refractivity contribution in [3.05, 3.63) is 58.3 Å². The molecule has 1 unspecified atom stereocenters. The summed E-state index contributed by atoms with van der Waals surface area (Å²) in [7, 11) is 0. The van der Waals surface area contributed by atoms with Gasteiger partial charge in [0.05, 0.1) is 0 Å². The van der Waals surface area contributed by atoms with Crippen LogP contribution in [0.25, 0.3) is 0 Å². The molecular formula is C17H22N2S. The Kier molecular flexibility index (Phi) is 3.92. The number of piperazine rings is 1. The predicted octanol–water partition coefficient (Wildman–Crippen LogP) is 3.67. The maximum absolute atomic E-state index is 3.70. The van der Waals surface area contributed by atoms with Crippen LogP contribution < -0.4 is 5.32 Å². The third-order valence-electron chi connectivity index (χ3n) is 4.20. The van der Waals surface area contributed by atoms with E-state index in [-0.39, 0.29) is 5.54 Å². The van der Waals surface area contributed by atoms with Gasteiger partial charge in [0.15, 0.2) is 0 Å². The molecule has 106 valence electrons. The summed E-state index contributed by atoms with van der Waals surface area (Å²) >= 11 is 1.78. The minimum absolute atomic E-state index is 0.202. The van der Waals surface area contributed by atoms with E-state index in [1.165, 1.54) is 11.1 Å². The zero-order valence-electron chi connectivity index (χ0n) is 12.2. The Bertz CT molecular complexity index is 533. The third-order valence-corrected chi connectivity index (χ3v) is 4.93. The number of rotatable bonds is 3. The first-order valence-electron chi connectivity index (χ1n) is 7.20. The van der Waals surface area contributed by atoms with E-state index in [0.717, 1.165) is 19.6 Å². The van der Waals surface area contributed by atoms with Crippen LogP contribution in [0.1, 0.15) is 31.0 Å². The number of thiophene rings is 1. The van der Waals surface area contributed by atoms with E-state index in [9.17, 15) is 0 Å². The number of hydrogen-bond donors (Lipinski definition) is 1. The zero-order chi connectivity index (χ0) is 14.0. The zero-order valence-corrected chi connectivity index (χ0v) is 13.0. The fourth-order valence-electron chi connectivity index (χ4n) is 2.81. The van der Waals surface area contributed by atoms with Crippen molar-refractivity contribution in [2.45, 2.75) is 32.0 Å². The van der Waals surface area contributed by atoms with E-state index >= 15 is 0 Å². The van der Waals surface area contributed by atoms with Gasteiger partial charge in [-0.05, 0) is 41.8 Å². The van der Waals surface area contributed by atoms with Gasteiger partial charge in [0.1, 0.15) is 0 Å². The van der Waals surface area contributed by atoms with Gasteiger partial charge in [-0.2, -0.15) is 11.3 Å². The van der Waals surface area contributed by atoms with Crippen molar-refractivity contribution in [3.63, 3.8) is 0 Å². The molecule has 0 bridgehead atoms. The van der Waals surface area contributed by atoms with Crippen LogP contribution in [0.2, 0.25) is 0 Å². The summed E-state index contributed by atoms with van der Waals surface area (Å²) in [5, 5.41) is 8.12. The molecule has 1 saturated heterocycles. The van der Waals surface area contributed by atoms with Crippen LogP contribution in [0.4, 0.5) is 0 Å². The molecule has 1 aromatic heterocycles. The molecule has 20 heavy (non-hydrogen) atoms. The largest absolute Gasteiger partial charge is 0.307 e. The number of nitrogens with zero attached hydrogens (tertiary/aromatic N) is 1. The van der Waals surface area contributed by atoms with Crippen LogP contribution in [0.5, 0.6) is 0 Å². The van der Waals surface area contributed by atoms with E-state index in [4.69, 9.17) is 0 Å². The molecule has 0 spiro atoms. The maximum atomic E-state index is 3.70. The summed E-state index contributed by atoms with van der Waals surface area (Å²) in [6, 6.07) is 13.4. The molecule has 2 nitrogen and oxygen atoms in total. The van der Waals surface area contributed by atoms with E-state index in [1.807, 2.05) is 0 Å². The molecule has 1 atom stereocenters. The van der Waals surface area contributed by atoms with E-state index < -0.39 is 0 Å². The molecule has 1 N–H and O–H groups in total. The summed E-state index contributed by atoms with van der Waals surface area (Å²) in [5.41, 5.74) is 3.02. The van der Waals surface area contributed by atoms with Gasteiger partial charge in [0, 0.05) is 31.2 Å². The van der Waals surface area contributed by atoms with Crippen molar-refractivity contribution in [1.82, 2.24) is 10.2 Å². The van der Waals surface area contributed by atoms with Crippen LogP contribution >= 0.6 is 11.3 Å². The van der Waals surface area contributed by atoms with Crippen molar-refractivity contribution in [3.8, 4) is 0 Å². The minimum Gasteiger partial charge on any atom is -0.307 e. The Morgan fingerprint density at radius 1 is 1.25 bits per heavy atom. The second kappa shape index (κ2) is 5.68. The van der Waals surface area contributed by atoms with Crippen molar-refractivity contribution in [2.24, 2.45) is 0 Å². The molecule has 2 heterocycles. The van der Waals surface area contributed by atoms with Crippen LogP contribution in [-0.4, -0.2) is 23.5 Å². The molecule has 1 aromatic carbocycles. The Morgan fingerprint density at radius 2 is 2.05 bits per heavy atom. The smallest absolute Gasteiger partial charge is 0.0450 e. The monoisotopic (exact) mass is 286 g/mol. The average Bonchev–Trinajstić information content (AvgIpc) is 2.95. The molecule has 0 amide bonds. The van der Waals surface area contributed by atoms with Gasteiger partial charge in [-0.25, -0.2) is 0 Å². The normalized spacial score (nSPS) is 22.8. The molecular weight excluding hydrogens is 264 g/mol. The van der Waals surface area contributed by atoms with Crippen LogP contribution in [0.15, 0.2) is 47.2 Å². The van der Waals surface area contributed by atoms with Gasteiger partial charge < -0.3 is 5.32 Å². The molecule has 2 aromatic rings. The van der Waals surface area contributed by atoms with Crippen LogP contribution in [0, 0.1) is 0 Å². The summed E-state index contributed by atoms with van der Waals surface area (Å²) in [5.74, 6) is 0. The molecule has 1 aliphatic rings. The highest BCUT2D eigenvalue weighted by atomic mass is 32.1. The molecule has 0 radical (unpaired) electrons. The highest BCUT2D eigenvalue weighted by Crippen LogP contribution is 2.27. The third kappa shape index (κ3) is 2.95. The Balaban J connectivity index is 1.76. The lowest BCUT2D eigenvalue weighted by atomic mass is 9.94. The van der Waals surface area contributed by atoms with Gasteiger partial charge in [-0.1, -0.05) is 30.3 Å². The van der Waals surface area contributed by atoms with E-state index in [2.05, 4.69) is 71.2 Å². The maximum Gasteiger partial charge on any atom is 0.0450 e. The Labute approximate surface area is 125 Å². The Hall–Kier alpha value is -1.16. The molecule has 1 fully saturated rings. The van der Waals surface area contributed by atoms with Crippen molar-refractivity contribution in [1.29, 1.82) is 0 Å². The highest BCUT2D eigenvalue weighted by Gasteiger charge is 2.34. The number of benzene rings is 1. The van der Waals surface area contributed by atoms with E-state index in [1.54, 1.807) is 11.3 Å². The van der Waals surface area contributed by atoms with Crippen molar-refractivity contribution >= 4 is 11.3 Å². The van der Waals surface area contributed by atoms with Crippen molar-refractivity contribution < 1.29 is 0 Å². The van der Waals surface area contributed by atoms with Crippen molar-refractivity contribution in [2.75, 3.05) is 13.1 Å². The first kappa shape index (κ1) is 13.8. The molecule has 1 aliphatic heterocycles. The standard InChI is InChI=1S/C17H22N2S/c1-17(2)13-18-16(15-6-4-3-5-7-15)11-19(17)10-14-8-9-20-12-14/h3-9,12,16,18H,10-11,13H2,1-2H3. The quantitative estimate of drug-likeness (QED) is 0.926. The van der Waals surface area contributed by atoms with Gasteiger partial charge in [0.25, 0.3) is 0 Å². The van der Waals surface area contributed by atoms with Gasteiger partial charge in [-0.3, -0.25) is 4.90 Å². The molecule has 0 aliphatic carbocycles. The SMILES string of the molecule is CC1(C)CNC(c2ccccc2)CN1Cc1ccsc1. The second-order valence-corrected chi connectivity index (χ2v) is 6.95. The lowest BCUT2D eigenvalue weighted by molar-refractivity contribution is 0.0585. The summed E-state index contributed by atoms with van der Waals surface area (Å²) < 4.78 is 0. The van der Waals surface area contributed by atoms with Gasteiger partial charge in [-0.15, -0.1) is 0 Å². The first-order chi connectivity index (χ1) is 9.65. The fourth-order valence-corrected chi connectivity index (χ4v) is 3.47. The molecule has 0 saturated carbocycles. The lowest BCUT2D eigenvalue weighted by Crippen LogP contribution is -2.58. The summed E-state index contributed by atoms with van der Waals surface area (Å²) in [6.45, 7) is 7.78. The van der Waals surface area contributed by atoms with Crippen LogP contribution in [-0.2, 0) is 6.54 Å². The minimum atomic E-state index is 0.202. The summed E-state index contributed by atoms with van der Waals surface area (Å²) in [4.78, 5) is 2.60. The first-order valence-corrected chi connectivity index (χ1v) is 8.14. The number of hydrogen-bond acceptors (Lipinski definition) is 3. The fraction of sp³-hybridized carbons (Fsp3) is 0.412. The second-order valence-electron chi connectivity index (χ2n) is 6.17. The summed E-state index contributed by atoms with van der Waals surface area (Å²) in [6.07, 6.45) is 0. The Morgan fingerprint density at radius 3 is 2.75 bits per heavy atom. The molecule has 3 rings (SSSR count). The van der Waals surface area contributed by atoms with E-state index in [0.29, 0.717) is 6.04 Å². The predicted molar refractivity (Wildman–Crippen MR) is 86.0 cm³/mol. The van der Waals surface area contributed by atoms with Gasteiger partial charge >= 0.3 is 0 Å². The number of nitrogens with one attached hydrogen (secondary N) is 1. The topological polar surface area (TPSA) is 15.3 Å².